The lowest BCUT2D eigenvalue weighted by molar-refractivity contribution is -0.0265. The van der Waals surface area contributed by atoms with Gasteiger partial charge in [-0.25, -0.2) is 0 Å². The second kappa shape index (κ2) is 5.73. The van der Waals surface area contributed by atoms with Crippen LogP contribution in [0.4, 0.5) is 0 Å². The summed E-state index contributed by atoms with van der Waals surface area (Å²) >= 11 is 1.98. The van der Waals surface area contributed by atoms with Crippen LogP contribution in [0.3, 0.4) is 0 Å². The summed E-state index contributed by atoms with van der Waals surface area (Å²) < 4.78 is 6.32. The van der Waals surface area contributed by atoms with Crippen molar-refractivity contribution in [1.82, 2.24) is 0 Å². The van der Waals surface area contributed by atoms with Crippen LogP contribution in [-0.4, -0.2) is 18.5 Å². The molecule has 1 aromatic rings. The van der Waals surface area contributed by atoms with Crippen molar-refractivity contribution >= 4 is 11.8 Å². The van der Waals surface area contributed by atoms with Gasteiger partial charge in [-0.1, -0.05) is 39.0 Å². The van der Waals surface area contributed by atoms with Gasteiger partial charge in [-0.3, -0.25) is 0 Å². The molecule has 1 aromatic carbocycles. The zero-order valence-corrected chi connectivity index (χ0v) is 13.7. The van der Waals surface area contributed by atoms with E-state index in [4.69, 9.17) is 4.74 Å². The summed E-state index contributed by atoms with van der Waals surface area (Å²) in [5, 5.41) is 0. The fraction of sp³-hybridized carbons (Fsp3) is 0.667. The molecular formula is C18H26OS. The number of rotatable bonds is 3. The highest BCUT2D eigenvalue weighted by molar-refractivity contribution is 7.99. The number of benzene rings is 1. The number of fused-ring (bicyclic) bond motifs is 1. The largest absolute Gasteiger partial charge is 0.378 e. The van der Waals surface area contributed by atoms with Gasteiger partial charge in [0.2, 0.25) is 0 Å². The molecule has 0 aromatic heterocycles. The average Bonchev–Trinajstić information content (AvgIpc) is 2.77. The molecule has 1 saturated carbocycles. The van der Waals surface area contributed by atoms with Crippen LogP contribution in [0.5, 0.6) is 0 Å². The summed E-state index contributed by atoms with van der Waals surface area (Å²) in [5.74, 6) is 2.58. The lowest BCUT2D eigenvalue weighted by Crippen LogP contribution is -2.33. The van der Waals surface area contributed by atoms with Gasteiger partial charge in [0.15, 0.2) is 0 Å². The Bertz CT molecular complexity index is 468. The van der Waals surface area contributed by atoms with Gasteiger partial charge in [0.1, 0.15) is 0 Å². The van der Waals surface area contributed by atoms with E-state index in [2.05, 4.69) is 45.0 Å². The first-order valence-electron chi connectivity index (χ1n) is 7.87. The van der Waals surface area contributed by atoms with Crippen molar-refractivity contribution in [2.45, 2.75) is 57.0 Å². The molecule has 1 aliphatic heterocycles. The Kier molecular flexibility index (Phi) is 4.14. The molecule has 0 radical (unpaired) electrons. The Labute approximate surface area is 127 Å². The van der Waals surface area contributed by atoms with Gasteiger partial charge in [0.25, 0.3) is 0 Å². The molecule has 20 heavy (non-hydrogen) atoms. The molecule has 0 spiro atoms. The van der Waals surface area contributed by atoms with Crippen molar-refractivity contribution < 1.29 is 4.74 Å². The molecule has 2 aliphatic rings. The fourth-order valence-corrected chi connectivity index (χ4v) is 5.24. The molecule has 0 bridgehead atoms. The fourth-order valence-electron chi connectivity index (χ4n) is 4.00. The summed E-state index contributed by atoms with van der Waals surface area (Å²) in [4.78, 5) is 1.46. The third kappa shape index (κ3) is 3.23. The predicted octanol–water partition coefficient (Wildman–Crippen LogP) is 5.11. The molecule has 3 atom stereocenters. The normalized spacial score (nSPS) is 32.0. The van der Waals surface area contributed by atoms with Crippen LogP contribution >= 0.6 is 11.8 Å². The Morgan fingerprint density at radius 3 is 2.85 bits per heavy atom. The van der Waals surface area contributed by atoms with E-state index in [0.717, 1.165) is 12.5 Å². The number of thioether (sulfide) groups is 1. The van der Waals surface area contributed by atoms with E-state index in [1.807, 2.05) is 11.8 Å². The van der Waals surface area contributed by atoms with Gasteiger partial charge in [0.05, 0.1) is 12.7 Å². The molecule has 1 heterocycles. The quantitative estimate of drug-likeness (QED) is 0.765. The highest BCUT2D eigenvalue weighted by Gasteiger charge is 2.33. The van der Waals surface area contributed by atoms with E-state index < -0.39 is 0 Å². The number of hydrogen-bond donors (Lipinski definition) is 0. The van der Waals surface area contributed by atoms with E-state index in [9.17, 15) is 0 Å². The number of hydrogen-bond acceptors (Lipinski definition) is 2. The summed E-state index contributed by atoms with van der Waals surface area (Å²) in [5.41, 5.74) is 1.95. The first-order chi connectivity index (χ1) is 9.53. The lowest BCUT2D eigenvalue weighted by Gasteiger charge is -2.39. The molecule has 1 nitrogen and oxygen atoms in total. The van der Waals surface area contributed by atoms with Crippen molar-refractivity contribution in [2.24, 2.45) is 11.3 Å². The van der Waals surface area contributed by atoms with Crippen LogP contribution in [0.1, 0.15) is 51.5 Å². The van der Waals surface area contributed by atoms with Crippen LogP contribution in [0.25, 0.3) is 0 Å². The monoisotopic (exact) mass is 290 g/mol. The van der Waals surface area contributed by atoms with Crippen molar-refractivity contribution in [3.8, 4) is 0 Å². The maximum Gasteiger partial charge on any atom is 0.0583 e. The van der Waals surface area contributed by atoms with E-state index in [1.165, 1.54) is 35.5 Å². The maximum absolute atomic E-state index is 6.32. The van der Waals surface area contributed by atoms with E-state index >= 15 is 0 Å². The Balaban J connectivity index is 1.58. The standard InChI is InChI=1S/C18H26OS/c1-13-8-15(10-18(2,3)9-13)19-11-14-12-20-17-7-5-4-6-16(14)17/h4-7,13-15H,8-12H2,1-3H3. The predicted molar refractivity (Wildman–Crippen MR) is 86.4 cm³/mol. The molecule has 3 unspecified atom stereocenters. The van der Waals surface area contributed by atoms with Crippen LogP contribution < -0.4 is 0 Å². The van der Waals surface area contributed by atoms with E-state index in [-0.39, 0.29) is 0 Å². The molecule has 0 N–H and O–H groups in total. The molecule has 1 aliphatic carbocycles. The van der Waals surface area contributed by atoms with Crippen LogP contribution in [-0.2, 0) is 4.74 Å². The van der Waals surface area contributed by atoms with E-state index in [1.54, 1.807) is 0 Å². The highest BCUT2D eigenvalue weighted by atomic mass is 32.2. The average molecular weight is 290 g/mol. The molecular weight excluding hydrogens is 264 g/mol. The Morgan fingerprint density at radius 1 is 1.25 bits per heavy atom. The summed E-state index contributed by atoms with van der Waals surface area (Å²) in [6.45, 7) is 8.05. The van der Waals surface area contributed by atoms with Crippen molar-refractivity contribution in [2.75, 3.05) is 12.4 Å². The minimum absolute atomic E-state index is 0.449. The first kappa shape index (κ1) is 14.5. The minimum Gasteiger partial charge on any atom is -0.378 e. The lowest BCUT2D eigenvalue weighted by atomic mass is 9.71. The molecule has 2 heteroatoms. The number of ether oxygens (including phenoxy) is 1. The third-order valence-electron chi connectivity index (χ3n) is 4.68. The molecule has 1 fully saturated rings. The van der Waals surface area contributed by atoms with Gasteiger partial charge < -0.3 is 4.74 Å². The topological polar surface area (TPSA) is 9.23 Å². The Morgan fingerprint density at radius 2 is 2.05 bits per heavy atom. The molecule has 0 amide bonds. The highest BCUT2D eigenvalue weighted by Crippen LogP contribution is 2.42. The Hall–Kier alpha value is -0.470. The van der Waals surface area contributed by atoms with Crippen molar-refractivity contribution in [1.29, 1.82) is 0 Å². The molecule has 3 rings (SSSR count). The smallest absolute Gasteiger partial charge is 0.0583 e. The molecule has 110 valence electrons. The van der Waals surface area contributed by atoms with E-state index in [0.29, 0.717) is 17.4 Å². The summed E-state index contributed by atoms with van der Waals surface area (Å²) in [7, 11) is 0. The second-order valence-electron chi connectivity index (χ2n) is 7.41. The maximum atomic E-state index is 6.32. The van der Waals surface area contributed by atoms with Crippen molar-refractivity contribution in [3.05, 3.63) is 29.8 Å². The zero-order valence-electron chi connectivity index (χ0n) is 12.9. The minimum atomic E-state index is 0.449. The van der Waals surface area contributed by atoms with Gasteiger partial charge in [0, 0.05) is 16.6 Å². The zero-order chi connectivity index (χ0) is 14.2. The molecule has 0 saturated heterocycles. The summed E-state index contributed by atoms with van der Waals surface area (Å²) in [6, 6.07) is 8.81. The van der Waals surface area contributed by atoms with Gasteiger partial charge in [-0.05, 0) is 42.2 Å². The van der Waals surface area contributed by atoms with Crippen LogP contribution in [0, 0.1) is 11.3 Å². The second-order valence-corrected chi connectivity index (χ2v) is 8.48. The summed E-state index contributed by atoms with van der Waals surface area (Å²) in [6.07, 6.45) is 4.27. The SMILES string of the molecule is CC1CC(OCC2CSc3ccccc32)CC(C)(C)C1. The van der Waals surface area contributed by atoms with Gasteiger partial charge in [-0.15, -0.1) is 11.8 Å². The first-order valence-corrected chi connectivity index (χ1v) is 8.85. The third-order valence-corrected chi connectivity index (χ3v) is 5.93. The van der Waals surface area contributed by atoms with Crippen LogP contribution in [0.2, 0.25) is 0 Å². The van der Waals surface area contributed by atoms with Gasteiger partial charge >= 0.3 is 0 Å². The van der Waals surface area contributed by atoms with Crippen molar-refractivity contribution in [3.63, 3.8) is 0 Å². The van der Waals surface area contributed by atoms with Gasteiger partial charge in [-0.2, -0.15) is 0 Å². The van der Waals surface area contributed by atoms with Crippen LogP contribution in [0.15, 0.2) is 29.2 Å².